The second kappa shape index (κ2) is 6.28. The summed E-state index contributed by atoms with van der Waals surface area (Å²) in [6, 6.07) is 14.1. The molecule has 22 heavy (non-hydrogen) atoms. The quantitative estimate of drug-likeness (QED) is 0.390. The molecule has 3 N–H and O–H groups in total. The molecular formula is C16H13N3O2S. The summed E-state index contributed by atoms with van der Waals surface area (Å²) in [4.78, 5) is 4.43. The third kappa shape index (κ3) is 3.24. The highest BCUT2D eigenvalue weighted by Gasteiger charge is 2.03. The Morgan fingerprint density at radius 1 is 1.09 bits per heavy atom. The van der Waals surface area contributed by atoms with Gasteiger partial charge in [0.05, 0.1) is 11.9 Å². The van der Waals surface area contributed by atoms with Crippen molar-refractivity contribution in [1.29, 1.82) is 0 Å². The van der Waals surface area contributed by atoms with E-state index in [1.165, 1.54) is 35.8 Å². The van der Waals surface area contributed by atoms with Gasteiger partial charge in [-0.2, -0.15) is 5.10 Å². The standard InChI is InChI=1S/C16H13N3O2S/c20-13-6-7-15(21)12(8-13)9-17-19-16-18-14(10-22-16)11-4-2-1-3-5-11/h1-10,20-21H,(H,18,19)/b17-9+. The minimum atomic E-state index is 0.0486. The molecule has 1 aromatic heterocycles. The van der Waals surface area contributed by atoms with Crippen LogP contribution in [0.2, 0.25) is 0 Å². The lowest BCUT2D eigenvalue weighted by atomic mass is 10.2. The van der Waals surface area contributed by atoms with Gasteiger partial charge < -0.3 is 10.2 Å². The summed E-state index contributed by atoms with van der Waals surface area (Å²) in [5.74, 6) is 0.118. The summed E-state index contributed by atoms with van der Waals surface area (Å²) in [5.41, 5.74) is 5.16. The Labute approximate surface area is 131 Å². The number of aromatic hydroxyl groups is 2. The minimum Gasteiger partial charge on any atom is -0.508 e. The van der Waals surface area contributed by atoms with Gasteiger partial charge >= 0.3 is 0 Å². The second-order valence-electron chi connectivity index (χ2n) is 4.52. The van der Waals surface area contributed by atoms with Crippen LogP contribution >= 0.6 is 11.3 Å². The number of nitrogens with one attached hydrogen (secondary N) is 1. The lowest BCUT2D eigenvalue weighted by molar-refractivity contribution is 0.459. The maximum absolute atomic E-state index is 9.64. The van der Waals surface area contributed by atoms with E-state index in [0.717, 1.165) is 11.3 Å². The third-order valence-corrected chi connectivity index (χ3v) is 3.70. The van der Waals surface area contributed by atoms with Gasteiger partial charge in [-0.25, -0.2) is 4.98 Å². The van der Waals surface area contributed by atoms with Gasteiger partial charge in [0.1, 0.15) is 11.5 Å². The minimum absolute atomic E-state index is 0.0486. The number of phenols is 2. The van der Waals surface area contributed by atoms with Gasteiger partial charge in [0, 0.05) is 16.5 Å². The van der Waals surface area contributed by atoms with Crippen LogP contribution in [-0.2, 0) is 0 Å². The number of anilines is 1. The van der Waals surface area contributed by atoms with Crippen LogP contribution in [0.4, 0.5) is 5.13 Å². The SMILES string of the molecule is Oc1ccc(O)c(/C=N/Nc2nc(-c3ccccc3)cs2)c1. The number of aromatic nitrogens is 1. The van der Waals surface area contributed by atoms with Crippen molar-refractivity contribution in [1.82, 2.24) is 4.98 Å². The fourth-order valence-corrected chi connectivity index (χ4v) is 2.54. The number of thiazole rings is 1. The molecule has 5 nitrogen and oxygen atoms in total. The van der Waals surface area contributed by atoms with E-state index >= 15 is 0 Å². The summed E-state index contributed by atoms with van der Waals surface area (Å²) < 4.78 is 0. The average molecular weight is 311 g/mol. The molecule has 0 saturated heterocycles. The van der Waals surface area contributed by atoms with Crippen molar-refractivity contribution in [2.45, 2.75) is 0 Å². The van der Waals surface area contributed by atoms with Crippen LogP contribution in [0.25, 0.3) is 11.3 Å². The van der Waals surface area contributed by atoms with Crippen LogP contribution < -0.4 is 5.43 Å². The largest absolute Gasteiger partial charge is 0.508 e. The first kappa shape index (κ1) is 14.1. The number of nitrogens with zero attached hydrogens (tertiary/aromatic N) is 2. The molecule has 0 radical (unpaired) electrons. The predicted octanol–water partition coefficient (Wildman–Crippen LogP) is 3.67. The second-order valence-corrected chi connectivity index (χ2v) is 5.38. The zero-order chi connectivity index (χ0) is 15.4. The van der Waals surface area contributed by atoms with Crippen LogP contribution in [0.5, 0.6) is 11.5 Å². The zero-order valence-corrected chi connectivity index (χ0v) is 12.3. The van der Waals surface area contributed by atoms with E-state index in [-0.39, 0.29) is 11.5 Å². The molecule has 0 aliphatic heterocycles. The third-order valence-electron chi connectivity index (χ3n) is 2.95. The van der Waals surface area contributed by atoms with Crippen molar-refractivity contribution in [2.75, 3.05) is 5.43 Å². The van der Waals surface area contributed by atoms with Crippen molar-refractivity contribution in [3.8, 4) is 22.8 Å². The highest BCUT2D eigenvalue weighted by atomic mass is 32.1. The molecule has 0 atom stereocenters. The molecular weight excluding hydrogens is 298 g/mol. The van der Waals surface area contributed by atoms with E-state index in [1.54, 1.807) is 0 Å². The average Bonchev–Trinajstić information content (AvgIpc) is 3.00. The Hall–Kier alpha value is -2.86. The van der Waals surface area contributed by atoms with Crippen molar-refractivity contribution < 1.29 is 10.2 Å². The number of hydrogen-bond donors (Lipinski definition) is 3. The van der Waals surface area contributed by atoms with Crippen molar-refractivity contribution >= 4 is 22.7 Å². The number of hydrazone groups is 1. The lowest BCUT2D eigenvalue weighted by Gasteiger charge is -1.99. The predicted molar refractivity (Wildman–Crippen MR) is 88.5 cm³/mol. The Bertz CT molecular complexity index is 800. The molecule has 1 heterocycles. The summed E-state index contributed by atoms with van der Waals surface area (Å²) in [6.07, 6.45) is 1.43. The molecule has 110 valence electrons. The first-order valence-electron chi connectivity index (χ1n) is 6.54. The molecule has 0 amide bonds. The Kier molecular flexibility index (Phi) is 4.02. The highest BCUT2D eigenvalue weighted by Crippen LogP contribution is 2.25. The van der Waals surface area contributed by atoms with Crippen molar-refractivity contribution in [3.63, 3.8) is 0 Å². The Morgan fingerprint density at radius 2 is 1.91 bits per heavy atom. The number of rotatable bonds is 4. The molecule has 0 bridgehead atoms. The Morgan fingerprint density at radius 3 is 2.73 bits per heavy atom. The van der Waals surface area contributed by atoms with Gasteiger partial charge in [-0.15, -0.1) is 11.3 Å². The van der Waals surface area contributed by atoms with Crippen LogP contribution in [0.15, 0.2) is 59.0 Å². The van der Waals surface area contributed by atoms with E-state index in [9.17, 15) is 10.2 Å². The molecule has 0 fully saturated rings. The maximum atomic E-state index is 9.64. The van der Waals surface area contributed by atoms with Crippen LogP contribution in [0, 0.1) is 0 Å². The van der Waals surface area contributed by atoms with Crippen LogP contribution in [-0.4, -0.2) is 21.4 Å². The molecule has 0 unspecified atom stereocenters. The number of hydrogen-bond acceptors (Lipinski definition) is 6. The van der Waals surface area contributed by atoms with E-state index in [2.05, 4.69) is 15.5 Å². The molecule has 6 heteroatoms. The molecule has 0 saturated carbocycles. The molecule has 3 rings (SSSR count). The molecule has 2 aromatic carbocycles. The summed E-state index contributed by atoms with van der Waals surface area (Å²) >= 11 is 1.44. The topological polar surface area (TPSA) is 77.7 Å². The summed E-state index contributed by atoms with van der Waals surface area (Å²) in [7, 11) is 0. The number of benzene rings is 2. The first-order chi connectivity index (χ1) is 10.7. The van der Waals surface area contributed by atoms with Gasteiger partial charge in [-0.1, -0.05) is 30.3 Å². The molecule has 0 aliphatic carbocycles. The smallest absolute Gasteiger partial charge is 0.203 e. The first-order valence-corrected chi connectivity index (χ1v) is 7.42. The monoisotopic (exact) mass is 311 g/mol. The van der Waals surface area contributed by atoms with Crippen LogP contribution in [0.3, 0.4) is 0 Å². The van der Waals surface area contributed by atoms with Crippen LogP contribution in [0.1, 0.15) is 5.56 Å². The lowest BCUT2D eigenvalue weighted by Crippen LogP contribution is -1.90. The fourth-order valence-electron chi connectivity index (χ4n) is 1.87. The van der Waals surface area contributed by atoms with E-state index < -0.39 is 0 Å². The van der Waals surface area contributed by atoms with Gasteiger partial charge in [0.15, 0.2) is 0 Å². The van der Waals surface area contributed by atoms with Gasteiger partial charge in [0.2, 0.25) is 5.13 Å². The molecule has 3 aromatic rings. The fraction of sp³-hybridized carbons (Fsp3) is 0. The van der Waals surface area contributed by atoms with Gasteiger partial charge in [-0.05, 0) is 18.2 Å². The highest BCUT2D eigenvalue weighted by molar-refractivity contribution is 7.14. The normalized spacial score (nSPS) is 10.9. The number of phenolic OH excluding ortho intramolecular Hbond substituents is 2. The zero-order valence-electron chi connectivity index (χ0n) is 11.5. The van der Waals surface area contributed by atoms with Gasteiger partial charge in [0.25, 0.3) is 0 Å². The van der Waals surface area contributed by atoms with E-state index in [1.807, 2.05) is 35.7 Å². The van der Waals surface area contributed by atoms with Gasteiger partial charge in [-0.3, -0.25) is 5.43 Å². The summed E-state index contributed by atoms with van der Waals surface area (Å²) in [6.45, 7) is 0. The Balaban J connectivity index is 1.71. The molecule has 0 spiro atoms. The summed E-state index contributed by atoms with van der Waals surface area (Å²) in [5, 5.41) is 25.6. The maximum Gasteiger partial charge on any atom is 0.203 e. The van der Waals surface area contributed by atoms with E-state index in [4.69, 9.17) is 0 Å². The van der Waals surface area contributed by atoms with E-state index in [0.29, 0.717) is 10.7 Å². The molecule has 0 aliphatic rings. The van der Waals surface area contributed by atoms with Crippen molar-refractivity contribution in [3.05, 3.63) is 59.5 Å². The van der Waals surface area contributed by atoms with Crippen molar-refractivity contribution in [2.24, 2.45) is 5.10 Å².